The summed E-state index contributed by atoms with van der Waals surface area (Å²) in [6.45, 7) is 4.26. The highest BCUT2D eigenvalue weighted by atomic mass is 16.5. The topological polar surface area (TPSA) is 73.6 Å². The van der Waals surface area contributed by atoms with Crippen LogP contribution in [0, 0.1) is 0 Å². The summed E-state index contributed by atoms with van der Waals surface area (Å²) in [5.74, 6) is -0.377. The third-order valence-electron chi connectivity index (χ3n) is 3.42. The lowest BCUT2D eigenvalue weighted by molar-refractivity contribution is -0.125. The number of primary amides is 1. The summed E-state index contributed by atoms with van der Waals surface area (Å²) in [6, 6.07) is 9.58. The fraction of sp³-hybridized carbons (Fsp3) is 0.562. The van der Waals surface area contributed by atoms with Gasteiger partial charge in [0.05, 0.1) is 13.2 Å². The molecule has 0 spiro atoms. The molecule has 1 amide bonds. The number of carbonyl (C=O) groups is 1. The molecular weight excluding hydrogens is 268 g/mol. The van der Waals surface area contributed by atoms with Crippen molar-refractivity contribution >= 4 is 5.91 Å². The molecule has 0 fully saturated rings. The molecule has 1 rings (SSSR count). The lowest BCUT2D eigenvalue weighted by Crippen LogP contribution is -2.53. The maximum absolute atomic E-state index is 12.1. The van der Waals surface area contributed by atoms with Gasteiger partial charge in [0.15, 0.2) is 0 Å². The quantitative estimate of drug-likeness (QED) is 0.605. The van der Waals surface area contributed by atoms with Gasteiger partial charge < -0.3 is 15.2 Å². The van der Waals surface area contributed by atoms with Gasteiger partial charge in [0.1, 0.15) is 5.54 Å². The van der Waals surface area contributed by atoms with Crippen LogP contribution >= 0.6 is 0 Å². The fourth-order valence-corrected chi connectivity index (χ4v) is 2.22. The van der Waals surface area contributed by atoms with Crippen LogP contribution in [0.4, 0.5) is 0 Å². The first-order chi connectivity index (χ1) is 10.2. The Hall–Kier alpha value is -1.43. The monoisotopic (exact) mass is 294 g/mol. The minimum atomic E-state index is -0.885. The lowest BCUT2D eigenvalue weighted by Gasteiger charge is -2.32. The standard InChI is InChI=1S/C16H26N2O3/c1-3-10-18-16(15(17)19,9-11-21-13-12-20-2)14-7-5-4-6-8-14/h4-8,18H,3,9-13H2,1-2H3,(H2,17,19). The molecule has 0 aliphatic carbocycles. The number of nitrogens with one attached hydrogen (secondary N) is 1. The Morgan fingerprint density at radius 2 is 1.95 bits per heavy atom. The van der Waals surface area contributed by atoms with Crippen LogP contribution in [0.1, 0.15) is 25.3 Å². The van der Waals surface area contributed by atoms with Crippen LogP contribution < -0.4 is 11.1 Å². The molecule has 0 aliphatic rings. The molecule has 1 atom stereocenters. The van der Waals surface area contributed by atoms with Crippen molar-refractivity contribution in [3.63, 3.8) is 0 Å². The SMILES string of the molecule is CCCNC(CCOCCOC)(C(N)=O)c1ccccc1. The van der Waals surface area contributed by atoms with Crippen molar-refractivity contribution in [1.82, 2.24) is 5.32 Å². The molecule has 118 valence electrons. The fourth-order valence-electron chi connectivity index (χ4n) is 2.22. The Kier molecular flexibility index (Phi) is 7.97. The molecule has 3 N–H and O–H groups in total. The summed E-state index contributed by atoms with van der Waals surface area (Å²) < 4.78 is 10.4. The van der Waals surface area contributed by atoms with Crippen LogP contribution in [0.2, 0.25) is 0 Å². The van der Waals surface area contributed by atoms with E-state index in [4.69, 9.17) is 15.2 Å². The van der Waals surface area contributed by atoms with Crippen LogP contribution in [0.3, 0.4) is 0 Å². The van der Waals surface area contributed by atoms with Gasteiger partial charge in [-0.3, -0.25) is 10.1 Å². The van der Waals surface area contributed by atoms with Gasteiger partial charge in [-0.25, -0.2) is 0 Å². The van der Waals surface area contributed by atoms with Gasteiger partial charge in [-0.1, -0.05) is 37.3 Å². The van der Waals surface area contributed by atoms with Gasteiger partial charge in [0.2, 0.25) is 5.91 Å². The number of amides is 1. The zero-order valence-electron chi connectivity index (χ0n) is 12.9. The lowest BCUT2D eigenvalue weighted by atomic mass is 9.85. The predicted octanol–water partition coefficient (Wildman–Crippen LogP) is 1.42. The number of hydrogen-bond acceptors (Lipinski definition) is 4. The highest BCUT2D eigenvalue weighted by molar-refractivity contribution is 5.86. The smallest absolute Gasteiger partial charge is 0.242 e. The van der Waals surface area contributed by atoms with Crippen molar-refractivity contribution in [3.8, 4) is 0 Å². The first-order valence-electron chi connectivity index (χ1n) is 7.34. The van der Waals surface area contributed by atoms with Crippen molar-refractivity contribution in [2.45, 2.75) is 25.3 Å². The van der Waals surface area contributed by atoms with Gasteiger partial charge >= 0.3 is 0 Å². The summed E-state index contributed by atoms with van der Waals surface area (Å²) in [4.78, 5) is 12.1. The third-order valence-corrected chi connectivity index (χ3v) is 3.42. The zero-order valence-corrected chi connectivity index (χ0v) is 12.9. The molecule has 0 saturated carbocycles. The number of hydrogen-bond donors (Lipinski definition) is 2. The minimum Gasteiger partial charge on any atom is -0.382 e. The molecule has 1 unspecified atom stereocenters. The Morgan fingerprint density at radius 1 is 1.24 bits per heavy atom. The highest BCUT2D eigenvalue weighted by Gasteiger charge is 2.37. The average Bonchev–Trinajstić information content (AvgIpc) is 2.51. The number of methoxy groups -OCH3 is 1. The number of rotatable bonds is 11. The second-order valence-electron chi connectivity index (χ2n) is 4.92. The van der Waals surface area contributed by atoms with Crippen molar-refractivity contribution in [2.24, 2.45) is 5.73 Å². The van der Waals surface area contributed by atoms with Crippen LogP contribution in [0.5, 0.6) is 0 Å². The van der Waals surface area contributed by atoms with Gasteiger partial charge in [-0.05, 0) is 18.5 Å². The van der Waals surface area contributed by atoms with E-state index in [1.807, 2.05) is 30.3 Å². The van der Waals surface area contributed by atoms with Crippen molar-refractivity contribution in [3.05, 3.63) is 35.9 Å². The molecule has 0 bridgehead atoms. The number of ether oxygens (including phenoxy) is 2. The maximum Gasteiger partial charge on any atom is 0.242 e. The van der Waals surface area contributed by atoms with Crippen LogP contribution in [0.15, 0.2) is 30.3 Å². The number of nitrogens with two attached hydrogens (primary N) is 1. The van der Waals surface area contributed by atoms with Crippen molar-refractivity contribution in [2.75, 3.05) is 33.5 Å². The number of carbonyl (C=O) groups excluding carboxylic acids is 1. The molecule has 0 saturated heterocycles. The largest absolute Gasteiger partial charge is 0.382 e. The molecule has 1 aromatic carbocycles. The summed E-state index contributed by atoms with van der Waals surface area (Å²) >= 11 is 0. The Morgan fingerprint density at radius 3 is 2.52 bits per heavy atom. The predicted molar refractivity (Wildman–Crippen MR) is 82.9 cm³/mol. The Balaban J connectivity index is 2.83. The van der Waals surface area contributed by atoms with Crippen LogP contribution in [0.25, 0.3) is 0 Å². The van der Waals surface area contributed by atoms with Gasteiger partial charge in [0, 0.05) is 20.1 Å². The van der Waals surface area contributed by atoms with E-state index in [1.165, 1.54) is 0 Å². The second kappa shape index (κ2) is 9.50. The zero-order chi connectivity index (χ0) is 15.6. The minimum absolute atomic E-state index is 0.377. The van der Waals surface area contributed by atoms with Crippen LogP contribution in [-0.4, -0.2) is 39.4 Å². The molecule has 0 heterocycles. The van der Waals surface area contributed by atoms with E-state index >= 15 is 0 Å². The van der Waals surface area contributed by atoms with E-state index < -0.39 is 5.54 Å². The van der Waals surface area contributed by atoms with E-state index in [0.29, 0.717) is 26.2 Å². The molecular formula is C16H26N2O3. The molecule has 1 aromatic rings. The summed E-state index contributed by atoms with van der Waals surface area (Å²) in [5, 5.41) is 3.30. The normalized spacial score (nSPS) is 13.8. The maximum atomic E-state index is 12.1. The number of benzene rings is 1. The van der Waals surface area contributed by atoms with E-state index in [9.17, 15) is 4.79 Å². The van der Waals surface area contributed by atoms with E-state index in [2.05, 4.69) is 12.2 Å². The van der Waals surface area contributed by atoms with Gasteiger partial charge in [0.25, 0.3) is 0 Å². The molecule has 21 heavy (non-hydrogen) atoms. The molecule has 5 nitrogen and oxygen atoms in total. The highest BCUT2D eigenvalue weighted by Crippen LogP contribution is 2.25. The summed E-state index contributed by atoms with van der Waals surface area (Å²) in [6.07, 6.45) is 1.42. The molecule has 0 radical (unpaired) electrons. The van der Waals surface area contributed by atoms with E-state index in [0.717, 1.165) is 18.5 Å². The molecule has 5 heteroatoms. The molecule has 0 aromatic heterocycles. The van der Waals surface area contributed by atoms with Crippen molar-refractivity contribution < 1.29 is 14.3 Å². The first-order valence-corrected chi connectivity index (χ1v) is 7.34. The third kappa shape index (κ3) is 5.12. The Labute approximate surface area is 126 Å². The van der Waals surface area contributed by atoms with E-state index in [-0.39, 0.29) is 5.91 Å². The second-order valence-corrected chi connectivity index (χ2v) is 4.92. The van der Waals surface area contributed by atoms with Crippen LogP contribution in [-0.2, 0) is 19.8 Å². The first kappa shape index (κ1) is 17.6. The van der Waals surface area contributed by atoms with E-state index in [1.54, 1.807) is 7.11 Å². The van der Waals surface area contributed by atoms with Gasteiger partial charge in [-0.15, -0.1) is 0 Å². The summed E-state index contributed by atoms with van der Waals surface area (Å²) in [7, 11) is 1.63. The van der Waals surface area contributed by atoms with Crippen molar-refractivity contribution in [1.29, 1.82) is 0 Å². The molecule has 0 aliphatic heterocycles. The average molecular weight is 294 g/mol. The summed E-state index contributed by atoms with van der Waals surface area (Å²) in [5.41, 5.74) is 5.70. The Bertz CT molecular complexity index is 411. The van der Waals surface area contributed by atoms with Gasteiger partial charge in [-0.2, -0.15) is 0 Å².